The van der Waals surface area contributed by atoms with Crippen LogP contribution < -0.4 is 10.6 Å². The zero-order valence-corrected chi connectivity index (χ0v) is 11.5. The molecule has 0 bridgehead atoms. The summed E-state index contributed by atoms with van der Waals surface area (Å²) in [5, 5.41) is 9.17. The fourth-order valence-electron chi connectivity index (χ4n) is 2.19. The molecule has 0 saturated carbocycles. The van der Waals surface area contributed by atoms with E-state index in [4.69, 9.17) is 0 Å². The van der Waals surface area contributed by atoms with Crippen LogP contribution in [0.5, 0.6) is 0 Å². The summed E-state index contributed by atoms with van der Waals surface area (Å²) in [4.78, 5) is 16.4. The van der Waals surface area contributed by atoms with Crippen molar-refractivity contribution >= 4 is 22.9 Å². The predicted molar refractivity (Wildman–Crippen MR) is 76.7 cm³/mol. The molecular weight excluding hydrogens is 258 g/mol. The number of nitrogens with one attached hydrogen (secondary N) is 2. The lowest BCUT2D eigenvalue weighted by Crippen LogP contribution is -2.23. The minimum absolute atomic E-state index is 0.0536. The molecule has 0 radical (unpaired) electrons. The van der Waals surface area contributed by atoms with Gasteiger partial charge in [0, 0.05) is 23.2 Å². The van der Waals surface area contributed by atoms with Gasteiger partial charge < -0.3 is 10.6 Å². The molecule has 1 aromatic carbocycles. The average Bonchev–Trinajstić information content (AvgIpc) is 3.03. The lowest BCUT2D eigenvalue weighted by molar-refractivity contribution is 0.0950. The molecule has 98 valence electrons. The first-order valence-electron chi connectivity index (χ1n) is 6.28. The zero-order valence-electron chi connectivity index (χ0n) is 10.7. The van der Waals surface area contributed by atoms with Crippen LogP contribution in [-0.4, -0.2) is 17.4 Å². The standard InChI is InChI=1S/C14H15N3OS/c1-9-17-12(8-19-9)7-16-14(18)11-3-2-10-4-5-15-13(10)6-11/h2-3,6,8,15H,4-5,7H2,1H3,(H,16,18). The first-order chi connectivity index (χ1) is 9.22. The molecule has 2 heterocycles. The number of carbonyl (C=O) groups excluding carboxylic acids is 1. The van der Waals surface area contributed by atoms with Crippen LogP contribution in [-0.2, 0) is 13.0 Å². The van der Waals surface area contributed by atoms with Gasteiger partial charge in [-0.3, -0.25) is 4.79 Å². The number of rotatable bonds is 3. The Labute approximate surface area is 115 Å². The second-order valence-corrected chi connectivity index (χ2v) is 5.65. The van der Waals surface area contributed by atoms with Crippen molar-refractivity contribution in [2.75, 3.05) is 11.9 Å². The molecule has 1 aromatic heterocycles. The van der Waals surface area contributed by atoms with Crippen LogP contribution >= 0.6 is 11.3 Å². The third-order valence-electron chi connectivity index (χ3n) is 3.18. The Morgan fingerprint density at radius 3 is 3.21 bits per heavy atom. The topological polar surface area (TPSA) is 54.0 Å². The number of hydrogen-bond acceptors (Lipinski definition) is 4. The molecule has 0 spiro atoms. The van der Waals surface area contributed by atoms with E-state index >= 15 is 0 Å². The molecule has 2 aromatic rings. The van der Waals surface area contributed by atoms with Gasteiger partial charge >= 0.3 is 0 Å². The van der Waals surface area contributed by atoms with Gasteiger partial charge in [-0.15, -0.1) is 11.3 Å². The number of benzene rings is 1. The fraction of sp³-hybridized carbons (Fsp3) is 0.286. The van der Waals surface area contributed by atoms with E-state index in [9.17, 15) is 4.79 Å². The molecule has 0 saturated heterocycles. The second-order valence-electron chi connectivity index (χ2n) is 4.59. The van der Waals surface area contributed by atoms with Crippen LogP contribution in [0, 0.1) is 6.92 Å². The molecule has 0 atom stereocenters. The van der Waals surface area contributed by atoms with Gasteiger partial charge in [-0.1, -0.05) is 6.07 Å². The Hall–Kier alpha value is -1.88. The number of anilines is 1. The van der Waals surface area contributed by atoms with E-state index in [2.05, 4.69) is 15.6 Å². The second kappa shape index (κ2) is 5.01. The molecule has 1 aliphatic rings. The maximum absolute atomic E-state index is 12.1. The zero-order chi connectivity index (χ0) is 13.2. The lowest BCUT2D eigenvalue weighted by Gasteiger charge is -2.06. The summed E-state index contributed by atoms with van der Waals surface area (Å²) >= 11 is 1.60. The summed E-state index contributed by atoms with van der Waals surface area (Å²) in [7, 11) is 0. The molecule has 1 aliphatic heterocycles. The van der Waals surface area contributed by atoms with Crippen molar-refractivity contribution < 1.29 is 4.79 Å². The number of fused-ring (bicyclic) bond motifs is 1. The van der Waals surface area contributed by atoms with E-state index in [0.29, 0.717) is 12.1 Å². The van der Waals surface area contributed by atoms with Gasteiger partial charge in [-0.05, 0) is 31.0 Å². The Bertz CT molecular complexity index is 621. The summed E-state index contributed by atoms with van der Waals surface area (Å²) in [6.45, 7) is 3.40. The van der Waals surface area contributed by atoms with Gasteiger partial charge in [-0.2, -0.15) is 0 Å². The van der Waals surface area contributed by atoms with Crippen molar-refractivity contribution in [1.82, 2.24) is 10.3 Å². The first kappa shape index (κ1) is 12.2. The number of hydrogen-bond donors (Lipinski definition) is 2. The SMILES string of the molecule is Cc1nc(CNC(=O)c2ccc3c(c2)NCC3)cs1. The largest absolute Gasteiger partial charge is 0.384 e. The summed E-state index contributed by atoms with van der Waals surface area (Å²) in [6.07, 6.45) is 1.04. The van der Waals surface area contributed by atoms with E-state index in [1.165, 1.54) is 5.56 Å². The van der Waals surface area contributed by atoms with E-state index in [0.717, 1.165) is 29.4 Å². The molecule has 5 heteroatoms. The van der Waals surface area contributed by atoms with Crippen LogP contribution in [0.1, 0.15) is 26.6 Å². The monoisotopic (exact) mass is 273 g/mol. The molecule has 0 aliphatic carbocycles. The number of aryl methyl sites for hydroxylation is 1. The molecule has 2 N–H and O–H groups in total. The van der Waals surface area contributed by atoms with E-state index < -0.39 is 0 Å². The summed E-state index contributed by atoms with van der Waals surface area (Å²) in [6, 6.07) is 5.83. The third kappa shape index (κ3) is 2.61. The van der Waals surface area contributed by atoms with Crippen LogP contribution in [0.25, 0.3) is 0 Å². The van der Waals surface area contributed by atoms with Crippen molar-refractivity contribution in [2.45, 2.75) is 19.9 Å². The van der Waals surface area contributed by atoms with Gasteiger partial charge in [0.2, 0.25) is 0 Å². The van der Waals surface area contributed by atoms with E-state index in [-0.39, 0.29) is 5.91 Å². The van der Waals surface area contributed by atoms with Crippen molar-refractivity contribution in [1.29, 1.82) is 0 Å². The molecular formula is C14H15N3OS. The molecule has 0 unspecified atom stereocenters. The van der Waals surface area contributed by atoms with Crippen LogP contribution in [0.2, 0.25) is 0 Å². The van der Waals surface area contributed by atoms with Crippen LogP contribution in [0.4, 0.5) is 5.69 Å². The van der Waals surface area contributed by atoms with Gasteiger partial charge in [0.15, 0.2) is 0 Å². The minimum Gasteiger partial charge on any atom is -0.384 e. The van der Waals surface area contributed by atoms with Crippen LogP contribution in [0.15, 0.2) is 23.6 Å². The molecule has 4 nitrogen and oxygen atoms in total. The van der Waals surface area contributed by atoms with Gasteiger partial charge in [-0.25, -0.2) is 4.98 Å². The number of carbonyl (C=O) groups is 1. The Morgan fingerprint density at radius 1 is 1.53 bits per heavy atom. The first-order valence-corrected chi connectivity index (χ1v) is 7.16. The van der Waals surface area contributed by atoms with Gasteiger partial charge in [0.05, 0.1) is 17.2 Å². The third-order valence-corrected chi connectivity index (χ3v) is 4.00. The summed E-state index contributed by atoms with van der Waals surface area (Å²) < 4.78 is 0. The molecule has 1 amide bonds. The maximum Gasteiger partial charge on any atom is 0.251 e. The Morgan fingerprint density at radius 2 is 2.42 bits per heavy atom. The van der Waals surface area contributed by atoms with Gasteiger partial charge in [0.25, 0.3) is 5.91 Å². The quantitative estimate of drug-likeness (QED) is 0.902. The van der Waals surface area contributed by atoms with Crippen molar-refractivity contribution in [3.63, 3.8) is 0 Å². The lowest BCUT2D eigenvalue weighted by atomic mass is 10.1. The van der Waals surface area contributed by atoms with Crippen molar-refractivity contribution in [3.05, 3.63) is 45.4 Å². The minimum atomic E-state index is -0.0536. The highest BCUT2D eigenvalue weighted by atomic mass is 32.1. The Balaban J connectivity index is 1.67. The van der Waals surface area contributed by atoms with E-state index in [1.54, 1.807) is 11.3 Å². The highest BCUT2D eigenvalue weighted by molar-refractivity contribution is 7.09. The molecule has 0 fully saturated rings. The summed E-state index contributed by atoms with van der Waals surface area (Å²) in [5.74, 6) is -0.0536. The molecule has 3 rings (SSSR count). The smallest absolute Gasteiger partial charge is 0.251 e. The predicted octanol–water partition coefficient (Wildman–Crippen LogP) is 2.35. The number of nitrogens with zero attached hydrogens (tertiary/aromatic N) is 1. The number of amides is 1. The number of aromatic nitrogens is 1. The highest BCUT2D eigenvalue weighted by Gasteiger charge is 2.13. The maximum atomic E-state index is 12.1. The van der Waals surface area contributed by atoms with Crippen molar-refractivity contribution in [3.8, 4) is 0 Å². The fourth-order valence-corrected chi connectivity index (χ4v) is 2.81. The highest BCUT2D eigenvalue weighted by Crippen LogP contribution is 2.23. The van der Waals surface area contributed by atoms with Gasteiger partial charge in [0.1, 0.15) is 0 Å². The van der Waals surface area contributed by atoms with Crippen molar-refractivity contribution in [2.24, 2.45) is 0 Å². The Kier molecular flexibility index (Phi) is 3.21. The average molecular weight is 273 g/mol. The molecule has 19 heavy (non-hydrogen) atoms. The summed E-state index contributed by atoms with van der Waals surface area (Å²) in [5.41, 5.74) is 3.97. The van der Waals surface area contributed by atoms with Crippen LogP contribution in [0.3, 0.4) is 0 Å². The normalized spacial score (nSPS) is 12.9. The van der Waals surface area contributed by atoms with E-state index in [1.807, 2.05) is 30.5 Å². The number of thiazole rings is 1.